The van der Waals surface area contributed by atoms with Gasteiger partial charge in [0.1, 0.15) is 5.01 Å². The van der Waals surface area contributed by atoms with E-state index in [1.54, 1.807) is 7.11 Å². The number of ether oxygens (including phenoxy) is 1. The summed E-state index contributed by atoms with van der Waals surface area (Å²) < 4.78 is 5.08. The predicted octanol–water partition coefficient (Wildman–Crippen LogP) is 2.89. The lowest BCUT2D eigenvalue weighted by Gasteiger charge is -2.00. The second kappa shape index (κ2) is 5.95. The molecule has 0 saturated carbocycles. The van der Waals surface area contributed by atoms with Gasteiger partial charge in [-0.05, 0) is 12.5 Å². The normalized spacial score (nSPS) is 10.6. The van der Waals surface area contributed by atoms with Crippen LogP contribution in [0.1, 0.15) is 16.1 Å². The highest BCUT2D eigenvalue weighted by atomic mass is 32.1. The second-order valence-electron chi connectivity index (χ2n) is 4.21. The first kappa shape index (κ1) is 13.7. The fourth-order valence-corrected chi connectivity index (χ4v) is 2.98. The van der Waals surface area contributed by atoms with Crippen molar-refractivity contribution >= 4 is 17.3 Å². The number of carbonyl (C=O) groups is 1. The van der Waals surface area contributed by atoms with Crippen molar-refractivity contribution in [3.63, 3.8) is 0 Å². The molecule has 0 spiro atoms. The molecule has 0 aliphatic carbocycles. The summed E-state index contributed by atoms with van der Waals surface area (Å²) in [5, 5.41) is 9.78. The number of carboxylic acid groups (broad SMARTS) is 1. The van der Waals surface area contributed by atoms with Crippen molar-refractivity contribution in [1.82, 2.24) is 4.98 Å². The van der Waals surface area contributed by atoms with Gasteiger partial charge < -0.3 is 9.84 Å². The molecule has 0 saturated heterocycles. The second-order valence-corrected chi connectivity index (χ2v) is 5.29. The average molecular weight is 277 g/mol. The number of thiazole rings is 1. The summed E-state index contributed by atoms with van der Waals surface area (Å²) in [5.74, 6) is -0.850. The van der Waals surface area contributed by atoms with E-state index in [1.165, 1.54) is 11.3 Å². The van der Waals surface area contributed by atoms with E-state index in [9.17, 15) is 4.79 Å². The van der Waals surface area contributed by atoms with E-state index >= 15 is 0 Å². The molecule has 0 bridgehead atoms. The molecule has 1 heterocycles. The van der Waals surface area contributed by atoms with Gasteiger partial charge in [0.15, 0.2) is 0 Å². The molecule has 0 atom stereocenters. The predicted molar refractivity (Wildman–Crippen MR) is 74.3 cm³/mol. The highest BCUT2D eigenvalue weighted by molar-refractivity contribution is 7.15. The highest BCUT2D eigenvalue weighted by Gasteiger charge is 2.15. The lowest BCUT2D eigenvalue weighted by atomic mass is 10.1. The van der Waals surface area contributed by atoms with Crippen molar-refractivity contribution in [3.05, 3.63) is 40.4 Å². The number of hydrogen-bond acceptors (Lipinski definition) is 4. The third-order valence-electron chi connectivity index (χ3n) is 2.75. The highest BCUT2D eigenvalue weighted by Crippen LogP contribution is 2.30. The van der Waals surface area contributed by atoms with Gasteiger partial charge in [0, 0.05) is 17.6 Å². The fourth-order valence-electron chi connectivity index (χ4n) is 1.84. The number of hydrogen-bond donors (Lipinski definition) is 1. The first-order valence-electron chi connectivity index (χ1n) is 5.87. The maximum absolute atomic E-state index is 10.9. The maximum atomic E-state index is 10.9. The Balaban J connectivity index is 2.42. The van der Waals surface area contributed by atoms with Crippen molar-refractivity contribution in [2.75, 3.05) is 7.11 Å². The first-order chi connectivity index (χ1) is 9.11. The molecule has 0 radical (unpaired) electrons. The Labute approximate surface area is 115 Å². The fraction of sp³-hybridized carbons (Fsp3) is 0.286. The summed E-state index contributed by atoms with van der Waals surface area (Å²) in [6.07, 6.45) is -0.0117. The SMILES string of the molecule is COCc1nc(-c2ccccc2C)sc1CC(=O)O. The van der Waals surface area contributed by atoms with Crippen LogP contribution in [-0.2, 0) is 22.6 Å². The van der Waals surface area contributed by atoms with Gasteiger partial charge in [-0.25, -0.2) is 4.98 Å². The molecule has 0 amide bonds. The summed E-state index contributed by atoms with van der Waals surface area (Å²) in [4.78, 5) is 16.1. The van der Waals surface area contributed by atoms with Crippen LogP contribution in [0.15, 0.2) is 24.3 Å². The monoisotopic (exact) mass is 277 g/mol. The smallest absolute Gasteiger partial charge is 0.308 e. The molecule has 1 aromatic heterocycles. The van der Waals surface area contributed by atoms with E-state index in [0.717, 1.165) is 21.0 Å². The summed E-state index contributed by atoms with van der Waals surface area (Å²) in [5.41, 5.74) is 2.89. The first-order valence-corrected chi connectivity index (χ1v) is 6.68. The Kier molecular flexibility index (Phi) is 4.29. The summed E-state index contributed by atoms with van der Waals surface area (Å²) in [6, 6.07) is 7.94. The zero-order valence-electron chi connectivity index (χ0n) is 10.8. The van der Waals surface area contributed by atoms with E-state index < -0.39 is 5.97 Å². The molecule has 2 aromatic rings. The topological polar surface area (TPSA) is 59.4 Å². The number of benzene rings is 1. The summed E-state index contributed by atoms with van der Waals surface area (Å²) in [6.45, 7) is 2.36. The van der Waals surface area contributed by atoms with Crippen LogP contribution < -0.4 is 0 Å². The maximum Gasteiger partial charge on any atom is 0.308 e. The van der Waals surface area contributed by atoms with Gasteiger partial charge in [-0.3, -0.25) is 4.79 Å². The average Bonchev–Trinajstić information content (AvgIpc) is 2.72. The molecule has 0 unspecified atom stereocenters. The van der Waals surface area contributed by atoms with Gasteiger partial charge >= 0.3 is 5.97 Å². The van der Waals surface area contributed by atoms with Crippen LogP contribution in [0.25, 0.3) is 10.6 Å². The number of nitrogens with zero attached hydrogens (tertiary/aromatic N) is 1. The molecular formula is C14H15NO3S. The Morgan fingerprint density at radius 3 is 2.79 bits per heavy atom. The molecule has 1 N–H and O–H groups in total. The number of carboxylic acids is 1. The zero-order chi connectivity index (χ0) is 13.8. The lowest BCUT2D eigenvalue weighted by molar-refractivity contribution is -0.136. The van der Waals surface area contributed by atoms with Crippen LogP contribution in [0.2, 0.25) is 0 Å². The minimum Gasteiger partial charge on any atom is -0.481 e. The summed E-state index contributed by atoms with van der Waals surface area (Å²) >= 11 is 1.42. The van der Waals surface area contributed by atoms with Crippen LogP contribution in [0, 0.1) is 6.92 Å². The van der Waals surface area contributed by atoms with Gasteiger partial charge in [0.05, 0.1) is 18.7 Å². The third-order valence-corrected chi connectivity index (χ3v) is 3.88. The van der Waals surface area contributed by atoms with Gasteiger partial charge in [-0.2, -0.15) is 0 Å². The van der Waals surface area contributed by atoms with E-state index in [1.807, 2.05) is 31.2 Å². The van der Waals surface area contributed by atoms with Crippen molar-refractivity contribution in [2.24, 2.45) is 0 Å². The Morgan fingerprint density at radius 2 is 2.16 bits per heavy atom. The van der Waals surface area contributed by atoms with E-state index in [4.69, 9.17) is 9.84 Å². The van der Waals surface area contributed by atoms with Crippen molar-refractivity contribution < 1.29 is 14.6 Å². The van der Waals surface area contributed by atoms with Crippen LogP contribution >= 0.6 is 11.3 Å². The van der Waals surface area contributed by atoms with Gasteiger partial charge in [0.25, 0.3) is 0 Å². The molecular weight excluding hydrogens is 262 g/mol. The Morgan fingerprint density at radius 1 is 1.42 bits per heavy atom. The van der Waals surface area contributed by atoms with E-state index in [0.29, 0.717) is 12.3 Å². The third kappa shape index (κ3) is 3.19. The van der Waals surface area contributed by atoms with Crippen LogP contribution in [0.3, 0.4) is 0 Å². The van der Waals surface area contributed by atoms with Crippen molar-refractivity contribution in [2.45, 2.75) is 20.0 Å². The van der Waals surface area contributed by atoms with Gasteiger partial charge in [-0.15, -0.1) is 11.3 Å². The molecule has 100 valence electrons. The van der Waals surface area contributed by atoms with Gasteiger partial charge in [-0.1, -0.05) is 24.3 Å². The number of methoxy groups -OCH3 is 1. The number of aryl methyl sites for hydroxylation is 1. The Hall–Kier alpha value is -1.72. The van der Waals surface area contributed by atoms with E-state index in [-0.39, 0.29) is 6.42 Å². The lowest BCUT2D eigenvalue weighted by Crippen LogP contribution is -2.01. The number of aliphatic carboxylic acids is 1. The molecule has 1 aromatic carbocycles. The zero-order valence-corrected chi connectivity index (χ0v) is 11.7. The molecule has 5 heteroatoms. The minimum absolute atomic E-state index is 0.0117. The molecule has 2 rings (SSSR count). The van der Waals surface area contributed by atoms with E-state index in [2.05, 4.69) is 4.98 Å². The van der Waals surface area contributed by atoms with Crippen molar-refractivity contribution in [1.29, 1.82) is 0 Å². The largest absolute Gasteiger partial charge is 0.481 e. The molecule has 19 heavy (non-hydrogen) atoms. The molecule has 0 aliphatic heterocycles. The number of rotatable bonds is 5. The van der Waals surface area contributed by atoms with Crippen molar-refractivity contribution in [3.8, 4) is 10.6 Å². The quantitative estimate of drug-likeness (QED) is 0.913. The molecule has 0 fully saturated rings. The summed E-state index contributed by atoms with van der Waals surface area (Å²) in [7, 11) is 1.58. The van der Waals surface area contributed by atoms with Gasteiger partial charge in [0.2, 0.25) is 0 Å². The van der Waals surface area contributed by atoms with Crippen LogP contribution in [0.4, 0.5) is 0 Å². The van der Waals surface area contributed by atoms with Crippen LogP contribution in [-0.4, -0.2) is 23.2 Å². The molecule has 0 aliphatic rings. The number of aromatic nitrogens is 1. The molecule has 4 nitrogen and oxygen atoms in total. The standard InChI is InChI=1S/C14H15NO3S/c1-9-5-3-4-6-10(9)14-15-11(8-18-2)12(19-14)7-13(16)17/h3-6H,7-8H2,1-2H3,(H,16,17). The Bertz CT molecular complexity index is 592. The van der Waals surface area contributed by atoms with Crippen LogP contribution in [0.5, 0.6) is 0 Å². The minimum atomic E-state index is -0.850.